The number of nitrogens with zero attached hydrogens (tertiary/aromatic N) is 1. The molecule has 0 heterocycles. The van der Waals surface area contributed by atoms with E-state index in [2.05, 4.69) is 16.4 Å². The zero-order valence-electron chi connectivity index (χ0n) is 5.83. The molecule has 0 amide bonds. The maximum atomic E-state index is 8.09. The molecule has 0 aromatic rings. The van der Waals surface area contributed by atoms with Crippen LogP contribution in [0, 0.1) is 12.3 Å². The minimum atomic E-state index is -0.0553. The zero-order chi connectivity index (χ0) is 7.98. The summed E-state index contributed by atoms with van der Waals surface area (Å²) in [4.78, 5) is 0. The molecule has 0 radical (unpaired) electrons. The van der Waals surface area contributed by atoms with Crippen molar-refractivity contribution in [1.29, 1.82) is 0 Å². The van der Waals surface area contributed by atoms with Crippen molar-refractivity contribution in [3.05, 3.63) is 0 Å². The van der Waals surface area contributed by atoms with E-state index in [1.807, 2.05) is 6.92 Å². The summed E-state index contributed by atoms with van der Waals surface area (Å²) in [6.45, 7) is 2.12. The van der Waals surface area contributed by atoms with E-state index in [1.165, 1.54) is 0 Å². The molecule has 10 heavy (non-hydrogen) atoms. The number of terminal acetylenes is 1. The third-order valence-corrected chi connectivity index (χ3v) is 0.968. The summed E-state index contributed by atoms with van der Waals surface area (Å²) in [5.41, 5.74) is 5.14. The Morgan fingerprint density at radius 3 is 3.00 bits per heavy atom. The average Bonchev–Trinajstić information content (AvgIpc) is 1.99. The highest BCUT2D eigenvalue weighted by atomic mass is 16.4. The van der Waals surface area contributed by atoms with Crippen LogP contribution in [-0.2, 0) is 0 Å². The standard InChI is InChI=1S/C6H11N3O/c1-3-5(2)8-4-6(7)9-10/h1,5,8,10H,4H2,2H3,(H2,7,9). The summed E-state index contributed by atoms with van der Waals surface area (Å²) < 4.78 is 0. The van der Waals surface area contributed by atoms with E-state index in [0.717, 1.165) is 0 Å². The third-order valence-electron chi connectivity index (χ3n) is 0.968. The van der Waals surface area contributed by atoms with Crippen molar-refractivity contribution in [3.63, 3.8) is 0 Å². The van der Waals surface area contributed by atoms with Gasteiger partial charge in [-0.2, -0.15) is 0 Å². The molecule has 0 aromatic carbocycles. The van der Waals surface area contributed by atoms with Crippen LogP contribution in [0.15, 0.2) is 5.16 Å². The van der Waals surface area contributed by atoms with Crippen molar-refractivity contribution in [2.24, 2.45) is 10.9 Å². The van der Waals surface area contributed by atoms with Gasteiger partial charge in [-0.3, -0.25) is 5.32 Å². The summed E-state index contributed by atoms with van der Waals surface area (Å²) in [6, 6.07) is -0.0553. The molecule has 4 N–H and O–H groups in total. The highest BCUT2D eigenvalue weighted by Gasteiger charge is 1.95. The van der Waals surface area contributed by atoms with Crippen LogP contribution in [0.5, 0.6) is 0 Å². The maximum Gasteiger partial charge on any atom is 0.153 e. The fraction of sp³-hybridized carbons (Fsp3) is 0.500. The molecular formula is C6H11N3O. The fourth-order valence-corrected chi connectivity index (χ4v) is 0.352. The molecule has 0 aliphatic carbocycles. The van der Waals surface area contributed by atoms with Gasteiger partial charge in [-0.15, -0.1) is 6.42 Å². The lowest BCUT2D eigenvalue weighted by Gasteiger charge is -2.04. The van der Waals surface area contributed by atoms with Crippen LogP contribution in [0.3, 0.4) is 0 Å². The molecule has 56 valence electrons. The van der Waals surface area contributed by atoms with Gasteiger partial charge in [0.2, 0.25) is 0 Å². The molecule has 0 aliphatic heterocycles. The van der Waals surface area contributed by atoms with Crippen LogP contribution in [0.25, 0.3) is 0 Å². The van der Waals surface area contributed by atoms with Crippen molar-refractivity contribution in [2.75, 3.05) is 6.54 Å². The molecule has 0 aliphatic rings. The Balaban J connectivity index is 3.47. The van der Waals surface area contributed by atoms with Gasteiger partial charge in [0.05, 0.1) is 12.6 Å². The Kier molecular flexibility index (Phi) is 4.09. The molecule has 4 heteroatoms. The topological polar surface area (TPSA) is 70.6 Å². The number of nitrogens with two attached hydrogens (primary N) is 1. The van der Waals surface area contributed by atoms with E-state index >= 15 is 0 Å². The van der Waals surface area contributed by atoms with Crippen LogP contribution >= 0.6 is 0 Å². The Labute approximate surface area is 60.1 Å². The SMILES string of the molecule is C#CC(C)NCC(N)=NO. The van der Waals surface area contributed by atoms with E-state index in [0.29, 0.717) is 6.54 Å². The van der Waals surface area contributed by atoms with Gasteiger partial charge >= 0.3 is 0 Å². The Morgan fingerprint density at radius 2 is 2.60 bits per heavy atom. The summed E-state index contributed by atoms with van der Waals surface area (Å²) in [7, 11) is 0. The number of nitrogens with one attached hydrogen (secondary N) is 1. The van der Waals surface area contributed by atoms with Crippen molar-refractivity contribution in [1.82, 2.24) is 5.32 Å². The molecule has 0 bridgehead atoms. The molecule has 1 atom stereocenters. The van der Waals surface area contributed by atoms with E-state index in [1.54, 1.807) is 0 Å². The first kappa shape index (κ1) is 8.79. The second-order valence-corrected chi connectivity index (χ2v) is 1.86. The molecule has 0 saturated heterocycles. The van der Waals surface area contributed by atoms with Gasteiger partial charge in [-0.05, 0) is 6.92 Å². The summed E-state index contributed by atoms with van der Waals surface area (Å²) in [6.07, 6.45) is 5.04. The minimum absolute atomic E-state index is 0.0553. The lowest BCUT2D eigenvalue weighted by Crippen LogP contribution is -2.34. The number of amidine groups is 1. The molecule has 1 unspecified atom stereocenters. The smallest absolute Gasteiger partial charge is 0.153 e. The van der Waals surface area contributed by atoms with Gasteiger partial charge in [0, 0.05) is 0 Å². The molecule has 0 spiro atoms. The van der Waals surface area contributed by atoms with Gasteiger partial charge < -0.3 is 10.9 Å². The summed E-state index contributed by atoms with van der Waals surface area (Å²) in [5.74, 6) is 2.57. The Hall–Kier alpha value is -1.21. The monoisotopic (exact) mass is 141 g/mol. The summed E-state index contributed by atoms with van der Waals surface area (Å²) in [5, 5.41) is 13.7. The Bertz CT molecular complexity index is 159. The van der Waals surface area contributed by atoms with Crippen molar-refractivity contribution < 1.29 is 5.21 Å². The average molecular weight is 141 g/mol. The van der Waals surface area contributed by atoms with Gasteiger partial charge in [0.25, 0.3) is 0 Å². The highest BCUT2D eigenvalue weighted by Crippen LogP contribution is 1.74. The highest BCUT2D eigenvalue weighted by molar-refractivity contribution is 5.81. The number of rotatable bonds is 3. The van der Waals surface area contributed by atoms with Crippen LogP contribution < -0.4 is 11.1 Å². The first-order valence-electron chi connectivity index (χ1n) is 2.86. The molecule has 0 fully saturated rings. The van der Waals surface area contributed by atoms with Crippen LogP contribution in [-0.4, -0.2) is 23.6 Å². The number of hydrogen-bond donors (Lipinski definition) is 3. The summed E-state index contributed by atoms with van der Waals surface area (Å²) >= 11 is 0. The van der Waals surface area contributed by atoms with Crippen LogP contribution in [0.2, 0.25) is 0 Å². The Morgan fingerprint density at radius 1 is 2.00 bits per heavy atom. The van der Waals surface area contributed by atoms with E-state index in [-0.39, 0.29) is 11.9 Å². The second kappa shape index (κ2) is 4.65. The van der Waals surface area contributed by atoms with E-state index in [4.69, 9.17) is 17.4 Å². The molecule has 0 rings (SSSR count). The van der Waals surface area contributed by atoms with Crippen molar-refractivity contribution in [3.8, 4) is 12.3 Å². The first-order valence-corrected chi connectivity index (χ1v) is 2.86. The third kappa shape index (κ3) is 3.75. The van der Waals surface area contributed by atoms with Crippen LogP contribution in [0.1, 0.15) is 6.92 Å². The largest absolute Gasteiger partial charge is 0.409 e. The molecule has 0 aromatic heterocycles. The predicted octanol–water partition coefficient (Wildman–Crippen LogP) is -0.656. The van der Waals surface area contributed by atoms with Gasteiger partial charge in [0.1, 0.15) is 0 Å². The fourth-order valence-electron chi connectivity index (χ4n) is 0.352. The zero-order valence-corrected chi connectivity index (χ0v) is 5.83. The number of hydrogen-bond acceptors (Lipinski definition) is 3. The van der Waals surface area contributed by atoms with Crippen molar-refractivity contribution in [2.45, 2.75) is 13.0 Å². The normalized spacial score (nSPS) is 14.2. The van der Waals surface area contributed by atoms with Gasteiger partial charge in [0.15, 0.2) is 5.84 Å². The number of oxime groups is 1. The predicted molar refractivity (Wildman–Crippen MR) is 39.7 cm³/mol. The minimum Gasteiger partial charge on any atom is -0.409 e. The van der Waals surface area contributed by atoms with Gasteiger partial charge in [-0.25, -0.2) is 0 Å². The molecular weight excluding hydrogens is 130 g/mol. The molecule has 0 saturated carbocycles. The quantitative estimate of drug-likeness (QED) is 0.161. The van der Waals surface area contributed by atoms with E-state index in [9.17, 15) is 0 Å². The second-order valence-electron chi connectivity index (χ2n) is 1.86. The van der Waals surface area contributed by atoms with Crippen molar-refractivity contribution >= 4 is 5.84 Å². The van der Waals surface area contributed by atoms with E-state index < -0.39 is 0 Å². The van der Waals surface area contributed by atoms with Gasteiger partial charge in [-0.1, -0.05) is 11.1 Å². The van der Waals surface area contributed by atoms with Crippen LogP contribution in [0.4, 0.5) is 0 Å². The lowest BCUT2D eigenvalue weighted by atomic mass is 10.3. The maximum absolute atomic E-state index is 8.09. The lowest BCUT2D eigenvalue weighted by molar-refractivity contribution is 0.317. The molecule has 4 nitrogen and oxygen atoms in total. The first-order chi connectivity index (χ1) is 4.70.